The number of amides is 1. The van der Waals surface area contributed by atoms with Crippen molar-refractivity contribution in [1.82, 2.24) is 14.9 Å². The SMILES string of the molecule is COc1ccc(C(=O)NC(C)c2nc3ccccc3n2CCOc2ccccc2C)cc1OC. The van der Waals surface area contributed by atoms with Gasteiger partial charge in [0.15, 0.2) is 11.5 Å². The van der Waals surface area contributed by atoms with Crippen LogP contribution >= 0.6 is 0 Å². The van der Waals surface area contributed by atoms with Gasteiger partial charge in [-0.15, -0.1) is 0 Å². The van der Waals surface area contributed by atoms with Crippen LogP contribution in [0.4, 0.5) is 0 Å². The van der Waals surface area contributed by atoms with E-state index in [4.69, 9.17) is 19.2 Å². The first-order chi connectivity index (χ1) is 16.5. The summed E-state index contributed by atoms with van der Waals surface area (Å²) in [6, 6.07) is 20.7. The standard InChI is InChI=1S/C27H29N3O4/c1-18-9-5-8-12-23(18)34-16-15-30-22-11-7-6-10-21(22)29-26(30)19(2)28-27(31)20-13-14-24(32-3)25(17-20)33-4/h5-14,17,19H,15-16H2,1-4H3,(H,28,31). The van der Waals surface area contributed by atoms with Gasteiger partial charge >= 0.3 is 0 Å². The Morgan fingerprint density at radius 3 is 2.47 bits per heavy atom. The number of carbonyl (C=O) groups is 1. The Kier molecular flexibility index (Phi) is 7.01. The second-order valence-corrected chi connectivity index (χ2v) is 7.99. The van der Waals surface area contributed by atoms with Gasteiger partial charge in [-0.25, -0.2) is 4.98 Å². The molecule has 0 bridgehead atoms. The van der Waals surface area contributed by atoms with Crippen LogP contribution in [-0.4, -0.2) is 36.3 Å². The minimum atomic E-state index is -0.327. The van der Waals surface area contributed by atoms with Gasteiger partial charge in [-0.1, -0.05) is 30.3 Å². The predicted octanol–water partition coefficient (Wildman–Crippen LogP) is 4.93. The summed E-state index contributed by atoms with van der Waals surface area (Å²) >= 11 is 0. The lowest BCUT2D eigenvalue weighted by Crippen LogP contribution is -2.29. The third kappa shape index (κ3) is 4.83. The Labute approximate surface area is 199 Å². The zero-order chi connectivity index (χ0) is 24.1. The first-order valence-electron chi connectivity index (χ1n) is 11.2. The van der Waals surface area contributed by atoms with E-state index in [1.54, 1.807) is 32.4 Å². The Bertz CT molecular complexity index is 1300. The molecule has 0 saturated heterocycles. The van der Waals surface area contributed by atoms with Gasteiger partial charge < -0.3 is 24.1 Å². The molecule has 1 heterocycles. The lowest BCUT2D eigenvalue weighted by Gasteiger charge is -2.17. The van der Waals surface area contributed by atoms with Gasteiger partial charge in [0.1, 0.15) is 18.2 Å². The molecule has 0 aliphatic carbocycles. The number of para-hydroxylation sites is 3. The van der Waals surface area contributed by atoms with Gasteiger partial charge in [-0.3, -0.25) is 4.79 Å². The Balaban J connectivity index is 1.54. The molecule has 1 N–H and O–H groups in total. The number of ether oxygens (including phenoxy) is 3. The minimum Gasteiger partial charge on any atom is -0.493 e. The summed E-state index contributed by atoms with van der Waals surface area (Å²) in [5.41, 5.74) is 3.45. The molecule has 4 aromatic rings. The fraction of sp³-hybridized carbons (Fsp3) is 0.259. The van der Waals surface area contributed by atoms with Gasteiger partial charge in [0, 0.05) is 5.56 Å². The van der Waals surface area contributed by atoms with Crippen molar-refractivity contribution >= 4 is 16.9 Å². The van der Waals surface area contributed by atoms with Gasteiger partial charge in [0.2, 0.25) is 0 Å². The number of imidazole rings is 1. The minimum absolute atomic E-state index is 0.219. The van der Waals surface area contributed by atoms with Crippen LogP contribution in [0.2, 0.25) is 0 Å². The van der Waals surface area contributed by atoms with Crippen molar-refractivity contribution in [3.8, 4) is 17.2 Å². The highest BCUT2D eigenvalue weighted by molar-refractivity contribution is 5.95. The molecule has 7 heteroatoms. The van der Waals surface area contributed by atoms with E-state index in [-0.39, 0.29) is 11.9 Å². The maximum atomic E-state index is 13.0. The second kappa shape index (κ2) is 10.3. The van der Waals surface area contributed by atoms with E-state index in [9.17, 15) is 4.79 Å². The smallest absolute Gasteiger partial charge is 0.251 e. The third-order valence-electron chi connectivity index (χ3n) is 5.73. The third-order valence-corrected chi connectivity index (χ3v) is 5.73. The second-order valence-electron chi connectivity index (χ2n) is 7.99. The number of carbonyl (C=O) groups excluding carboxylic acids is 1. The normalized spacial score (nSPS) is 11.8. The fourth-order valence-electron chi connectivity index (χ4n) is 3.95. The molecule has 1 atom stereocenters. The number of rotatable bonds is 9. The monoisotopic (exact) mass is 459 g/mol. The molecule has 34 heavy (non-hydrogen) atoms. The van der Waals surface area contributed by atoms with E-state index < -0.39 is 0 Å². The summed E-state index contributed by atoms with van der Waals surface area (Å²) in [5.74, 6) is 2.49. The van der Waals surface area contributed by atoms with Crippen LogP contribution in [0.5, 0.6) is 17.2 Å². The number of methoxy groups -OCH3 is 2. The summed E-state index contributed by atoms with van der Waals surface area (Å²) in [5, 5.41) is 3.06. The molecule has 0 radical (unpaired) electrons. The molecule has 4 rings (SSSR count). The van der Waals surface area contributed by atoms with Crippen molar-refractivity contribution in [2.45, 2.75) is 26.4 Å². The molecule has 1 unspecified atom stereocenters. The van der Waals surface area contributed by atoms with Crippen LogP contribution in [0.1, 0.15) is 34.7 Å². The molecule has 3 aromatic carbocycles. The van der Waals surface area contributed by atoms with Gasteiger partial charge in [-0.2, -0.15) is 0 Å². The van der Waals surface area contributed by atoms with Crippen LogP contribution in [0.15, 0.2) is 66.7 Å². The quantitative estimate of drug-likeness (QED) is 0.384. The number of nitrogens with one attached hydrogen (secondary N) is 1. The molecule has 7 nitrogen and oxygen atoms in total. The van der Waals surface area contributed by atoms with Crippen LogP contribution in [0.3, 0.4) is 0 Å². The highest BCUT2D eigenvalue weighted by Gasteiger charge is 2.20. The number of aryl methyl sites for hydroxylation is 1. The molecule has 0 spiro atoms. The summed E-state index contributed by atoms with van der Waals surface area (Å²) < 4.78 is 18.7. The van der Waals surface area contributed by atoms with Crippen LogP contribution in [-0.2, 0) is 6.54 Å². The Morgan fingerprint density at radius 2 is 1.71 bits per heavy atom. The highest BCUT2D eigenvalue weighted by Crippen LogP contribution is 2.28. The summed E-state index contributed by atoms with van der Waals surface area (Å²) in [7, 11) is 3.11. The molecule has 0 saturated carbocycles. The van der Waals surface area contributed by atoms with Crippen LogP contribution in [0, 0.1) is 6.92 Å². The number of hydrogen-bond acceptors (Lipinski definition) is 5. The fourth-order valence-corrected chi connectivity index (χ4v) is 3.95. The molecular formula is C27H29N3O4. The lowest BCUT2D eigenvalue weighted by molar-refractivity contribution is 0.0937. The molecule has 0 aliphatic rings. The maximum Gasteiger partial charge on any atom is 0.251 e. The van der Waals surface area contributed by atoms with E-state index in [0.717, 1.165) is 28.2 Å². The molecule has 1 aromatic heterocycles. The first kappa shape index (κ1) is 23.2. The largest absolute Gasteiger partial charge is 0.493 e. The van der Waals surface area contributed by atoms with Crippen LogP contribution < -0.4 is 19.5 Å². The van der Waals surface area contributed by atoms with Crippen molar-refractivity contribution in [2.75, 3.05) is 20.8 Å². The van der Waals surface area contributed by atoms with Crippen molar-refractivity contribution < 1.29 is 19.0 Å². The lowest BCUT2D eigenvalue weighted by atomic mass is 10.1. The van der Waals surface area contributed by atoms with Crippen molar-refractivity contribution in [2.24, 2.45) is 0 Å². The number of nitrogens with zero attached hydrogens (tertiary/aromatic N) is 2. The molecule has 1 amide bonds. The van der Waals surface area contributed by atoms with Crippen molar-refractivity contribution in [1.29, 1.82) is 0 Å². The Morgan fingerprint density at radius 1 is 0.971 bits per heavy atom. The van der Waals surface area contributed by atoms with Crippen LogP contribution in [0.25, 0.3) is 11.0 Å². The molecule has 0 fully saturated rings. The number of benzene rings is 3. The molecule has 0 aliphatic heterocycles. The topological polar surface area (TPSA) is 74.6 Å². The van der Waals surface area contributed by atoms with Gasteiger partial charge in [0.25, 0.3) is 5.91 Å². The van der Waals surface area contributed by atoms with E-state index in [1.165, 1.54) is 0 Å². The summed E-state index contributed by atoms with van der Waals surface area (Å²) in [6.45, 7) is 5.03. The van der Waals surface area contributed by atoms with Gasteiger partial charge in [0.05, 0.1) is 37.8 Å². The number of aromatic nitrogens is 2. The van der Waals surface area contributed by atoms with E-state index in [0.29, 0.717) is 30.2 Å². The number of hydrogen-bond donors (Lipinski definition) is 1. The van der Waals surface area contributed by atoms with Crippen molar-refractivity contribution in [3.05, 3.63) is 83.7 Å². The van der Waals surface area contributed by atoms with Gasteiger partial charge in [-0.05, 0) is 55.8 Å². The average molecular weight is 460 g/mol. The summed E-state index contributed by atoms with van der Waals surface area (Å²) in [6.07, 6.45) is 0. The number of fused-ring (bicyclic) bond motifs is 1. The van der Waals surface area contributed by atoms with E-state index >= 15 is 0 Å². The zero-order valence-corrected chi connectivity index (χ0v) is 19.9. The molecular weight excluding hydrogens is 430 g/mol. The first-order valence-corrected chi connectivity index (χ1v) is 11.2. The maximum absolute atomic E-state index is 13.0. The summed E-state index contributed by atoms with van der Waals surface area (Å²) in [4.78, 5) is 17.8. The Hall–Kier alpha value is -4.00. The predicted molar refractivity (Wildman–Crippen MR) is 132 cm³/mol. The average Bonchev–Trinajstić information content (AvgIpc) is 3.23. The van der Waals surface area contributed by atoms with Crippen molar-refractivity contribution in [3.63, 3.8) is 0 Å². The highest BCUT2D eigenvalue weighted by atomic mass is 16.5. The zero-order valence-electron chi connectivity index (χ0n) is 19.9. The van der Waals surface area contributed by atoms with E-state index in [1.807, 2.05) is 62.4 Å². The van der Waals surface area contributed by atoms with E-state index in [2.05, 4.69) is 9.88 Å². The molecule has 176 valence electrons.